The molecular formula is C15H22BrN3O2. The molecule has 1 saturated heterocycles. The molecule has 2 heterocycles. The van der Waals surface area contributed by atoms with Gasteiger partial charge in [0.25, 0.3) is 5.56 Å². The zero-order valence-electron chi connectivity index (χ0n) is 12.2. The van der Waals surface area contributed by atoms with Gasteiger partial charge < -0.3 is 10.1 Å². The van der Waals surface area contributed by atoms with Gasteiger partial charge in [0.1, 0.15) is 4.47 Å². The van der Waals surface area contributed by atoms with Crippen LogP contribution in [0.2, 0.25) is 0 Å². The van der Waals surface area contributed by atoms with Crippen LogP contribution < -0.4 is 10.9 Å². The van der Waals surface area contributed by atoms with Crippen LogP contribution in [0.15, 0.2) is 15.5 Å². The summed E-state index contributed by atoms with van der Waals surface area (Å²) in [6, 6.07) is 0. The number of anilines is 1. The fourth-order valence-electron chi connectivity index (χ4n) is 2.67. The predicted octanol–water partition coefficient (Wildman–Crippen LogP) is 2.79. The SMILES string of the molecule is O=c1c(Br)c(NCCC2CCCCO2)cnn1CC1CC1. The lowest BCUT2D eigenvalue weighted by molar-refractivity contribution is 0.0134. The van der Waals surface area contributed by atoms with Gasteiger partial charge in [-0.2, -0.15) is 5.10 Å². The Labute approximate surface area is 133 Å². The van der Waals surface area contributed by atoms with Crippen LogP contribution in [0.4, 0.5) is 5.69 Å². The number of nitrogens with one attached hydrogen (secondary N) is 1. The lowest BCUT2D eigenvalue weighted by atomic mass is 10.1. The first-order chi connectivity index (χ1) is 10.2. The molecule has 0 amide bonds. The summed E-state index contributed by atoms with van der Waals surface area (Å²) >= 11 is 3.40. The van der Waals surface area contributed by atoms with Gasteiger partial charge in [-0.3, -0.25) is 4.79 Å². The van der Waals surface area contributed by atoms with E-state index >= 15 is 0 Å². The summed E-state index contributed by atoms with van der Waals surface area (Å²) in [5.74, 6) is 0.643. The van der Waals surface area contributed by atoms with Gasteiger partial charge in [-0.05, 0) is 60.4 Å². The Morgan fingerprint density at radius 2 is 2.24 bits per heavy atom. The van der Waals surface area contributed by atoms with Gasteiger partial charge in [0.2, 0.25) is 0 Å². The Hall–Kier alpha value is -0.880. The highest BCUT2D eigenvalue weighted by molar-refractivity contribution is 9.10. The van der Waals surface area contributed by atoms with Gasteiger partial charge in [0.15, 0.2) is 0 Å². The Morgan fingerprint density at radius 3 is 2.95 bits per heavy atom. The van der Waals surface area contributed by atoms with Crippen LogP contribution in [0.25, 0.3) is 0 Å². The van der Waals surface area contributed by atoms with Crippen LogP contribution >= 0.6 is 15.9 Å². The zero-order valence-corrected chi connectivity index (χ0v) is 13.8. The Bertz CT molecular complexity index is 536. The topological polar surface area (TPSA) is 56.1 Å². The van der Waals surface area contributed by atoms with Gasteiger partial charge in [0, 0.05) is 19.7 Å². The van der Waals surface area contributed by atoms with E-state index in [1.807, 2.05) is 0 Å². The number of nitrogens with zero attached hydrogens (tertiary/aromatic N) is 2. The molecule has 6 heteroatoms. The number of ether oxygens (including phenoxy) is 1. The molecule has 1 atom stereocenters. The molecule has 1 aliphatic carbocycles. The van der Waals surface area contributed by atoms with Crippen molar-refractivity contribution in [1.82, 2.24) is 9.78 Å². The minimum atomic E-state index is -0.0409. The number of rotatable bonds is 6. The first-order valence-corrected chi connectivity index (χ1v) is 8.64. The van der Waals surface area contributed by atoms with E-state index in [-0.39, 0.29) is 5.56 Å². The summed E-state index contributed by atoms with van der Waals surface area (Å²) in [6.45, 7) is 2.43. The Morgan fingerprint density at radius 1 is 1.38 bits per heavy atom. The van der Waals surface area contributed by atoms with E-state index in [0.717, 1.165) is 38.2 Å². The van der Waals surface area contributed by atoms with E-state index in [0.29, 0.717) is 16.5 Å². The van der Waals surface area contributed by atoms with Crippen molar-refractivity contribution in [3.63, 3.8) is 0 Å². The van der Waals surface area contributed by atoms with E-state index in [1.54, 1.807) is 10.9 Å². The molecule has 0 bridgehead atoms. The molecule has 116 valence electrons. The lowest BCUT2D eigenvalue weighted by Crippen LogP contribution is -2.26. The van der Waals surface area contributed by atoms with Crippen molar-refractivity contribution in [2.45, 2.75) is 51.2 Å². The highest BCUT2D eigenvalue weighted by Crippen LogP contribution is 2.30. The number of hydrogen-bond acceptors (Lipinski definition) is 4. The molecule has 5 nitrogen and oxygen atoms in total. The summed E-state index contributed by atoms with van der Waals surface area (Å²) in [5, 5.41) is 7.56. The average Bonchev–Trinajstić information content (AvgIpc) is 3.31. The molecule has 1 aromatic rings. The maximum absolute atomic E-state index is 12.2. The molecule has 0 aromatic carbocycles. The normalized spacial score (nSPS) is 22.2. The largest absolute Gasteiger partial charge is 0.383 e. The third-order valence-corrected chi connectivity index (χ3v) is 4.94. The summed E-state index contributed by atoms with van der Waals surface area (Å²) in [4.78, 5) is 12.2. The van der Waals surface area contributed by atoms with Crippen molar-refractivity contribution in [3.05, 3.63) is 21.0 Å². The molecule has 1 aromatic heterocycles. The molecule has 1 N–H and O–H groups in total. The Balaban J connectivity index is 1.54. The molecule has 1 saturated carbocycles. The second kappa shape index (κ2) is 6.92. The standard InChI is InChI=1S/C15H22BrN3O2/c16-14-13(17-7-6-12-3-1-2-8-21-12)9-18-19(15(14)20)10-11-4-5-11/h9,11-12,17H,1-8,10H2. The number of halogens is 1. The fourth-order valence-corrected chi connectivity index (χ4v) is 3.11. The lowest BCUT2D eigenvalue weighted by Gasteiger charge is -2.22. The summed E-state index contributed by atoms with van der Waals surface area (Å²) in [7, 11) is 0. The third-order valence-electron chi connectivity index (χ3n) is 4.17. The van der Waals surface area contributed by atoms with Gasteiger partial charge in [-0.25, -0.2) is 4.68 Å². The summed E-state index contributed by atoms with van der Waals surface area (Å²) in [5.41, 5.74) is 0.740. The highest BCUT2D eigenvalue weighted by atomic mass is 79.9. The van der Waals surface area contributed by atoms with Crippen molar-refractivity contribution >= 4 is 21.6 Å². The van der Waals surface area contributed by atoms with Crippen molar-refractivity contribution < 1.29 is 4.74 Å². The van der Waals surface area contributed by atoms with Crippen molar-refractivity contribution in [3.8, 4) is 0 Å². The molecule has 2 fully saturated rings. The predicted molar refractivity (Wildman–Crippen MR) is 85.6 cm³/mol. The second-order valence-corrected chi connectivity index (χ2v) is 6.80. The summed E-state index contributed by atoms with van der Waals surface area (Å²) < 4.78 is 7.86. The zero-order chi connectivity index (χ0) is 14.7. The van der Waals surface area contributed by atoms with Crippen molar-refractivity contribution in [2.75, 3.05) is 18.5 Å². The van der Waals surface area contributed by atoms with E-state index in [4.69, 9.17) is 4.74 Å². The quantitative estimate of drug-likeness (QED) is 0.852. The minimum Gasteiger partial charge on any atom is -0.383 e. The van der Waals surface area contributed by atoms with Crippen LogP contribution in [0.5, 0.6) is 0 Å². The smallest absolute Gasteiger partial charge is 0.283 e. The van der Waals surface area contributed by atoms with E-state index in [9.17, 15) is 4.79 Å². The average molecular weight is 356 g/mol. The van der Waals surface area contributed by atoms with Gasteiger partial charge >= 0.3 is 0 Å². The first-order valence-electron chi connectivity index (χ1n) is 7.85. The van der Waals surface area contributed by atoms with Crippen LogP contribution in [0.1, 0.15) is 38.5 Å². The maximum Gasteiger partial charge on any atom is 0.283 e. The highest BCUT2D eigenvalue weighted by Gasteiger charge is 2.23. The van der Waals surface area contributed by atoms with E-state index in [2.05, 4.69) is 26.3 Å². The van der Waals surface area contributed by atoms with Gasteiger partial charge in [-0.15, -0.1) is 0 Å². The van der Waals surface area contributed by atoms with Crippen LogP contribution in [0.3, 0.4) is 0 Å². The molecule has 21 heavy (non-hydrogen) atoms. The fraction of sp³-hybridized carbons (Fsp3) is 0.733. The monoisotopic (exact) mass is 355 g/mol. The molecule has 1 aliphatic heterocycles. The maximum atomic E-state index is 12.2. The van der Waals surface area contributed by atoms with Gasteiger partial charge in [-0.1, -0.05) is 0 Å². The minimum absolute atomic E-state index is 0.0409. The summed E-state index contributed by atoms with van der Waals surface area (Å²) in [6.07, 6.45) is 9.08. The number of hydrogen-bond donors (Lipinski definition) is 1. The molecule has 2 aliphatic rings. The molecule has 3 rings (SSSR count). The van der Waals surface area contributed by atoms with Crippen molar-refractivity contribution in [2.24, 2.45) is 5.92 Å². The molecule has 0 radical (unpaired) electrons. The van der Waals surface area contributed by atoms with Crippen LogP contribution in [-0.2, 0) is 11.3 Å². The molecule has 1 unspecified atom stereocenters. The van der Waals surface area contributed by atoms with Crippen molar-refractivity contribution in [1.29, 1.82) is 0 Å². The number of aromatic nitrogens is 2. The Kier molecular flexibility index (Phi) is 4.95. The third kappa shape index (κ3) is 4.07. The first kappa shape index (κ1) is 15.0. The van der Waals surface area contributed by atoms with Crippen LogP contribution in [0, 0.1) is 5.92 Å². The van der Waals surface area contributed by atoms with E-state index in [1.165, 1.54) is 25.7 Å². The van der Waals surface area contributed by atoms with Gasteiger partial charge in [0.05, 0.1) is 18.0 Å². The molecule has 0 spiro atoms. The van der Waals surface area contributed by atoms with Crippen LogP contribution in [-0.4, -0.2) is 29.0 Å². The molecular weight excluding hydrogens is 334 g/mol. The van der Waals surface area contributed by atoms with E-state index < -0.39 is 0 Å². The second-order valence-electron chi connectivity index (χ2n) is 6.01.